The molecular formula is C13H11BrClN3O. The average molecular weight is 341 g/mol. The molecule has 0 radical (unpaired) electrons. The van der Waals surface area contributed by atoms with Gasteiger partial charge in [0, 0.05) is 10.2 Å². The minimum absolute atomic E-state index is 0.101. The van der Waals surface area contributed by atoms with E-state index in [0.717, 1.165) is 10.2 Å². The van der Waals surface area contributed by atoms with Gasteiger partial charge in [0.05, 0.1) is 10.6 Å². The SMILES string of the molecule is Cc1ccc(C(=N)N)c(Oc2ccc(Br)cc2Cl)n1. The highest BCUT2D eigenvalue weighted by molar-refractivity contribution is 9.10. The van der Waals surface area contributed by atoms with Gasteiger partial charge < -0.3 is 10.5 Å². The van der Waals surface area contributed by atoms with Gasteiger partial charge >= 0.3 is 0 Å². The third-order valence-electron chi connectivity index (χ3n) is 2.39. The van der Waals surface area contributed by atoms with Crippen molar-refractivity contribution in [3.63, 3.8) is 0 Å². The van der Waals surface area contributed by atoms with E-state index in [0.29, 0.717) is 16.3 Å². The Bertz CT molecular complexity index is 646. The van der Waals surface area contributed by atoms with E-state index >= 15 is 0 Å². The van der Waals surface area contributed by atoms with Gasteiger partial charge in [0.2, 0.25) is 5.88 Å². The molecule has 0 amide bonds. The highest BCUT2D eigenvalue weighted by atomic mass is 79.9. The molecule has 19 heavy (non-hydrogen) atoms. The molecular weight excluding hydrogens is 330 g/mol. The second kappa shape index (κ2) is 5.59. The molecule has 0 fully saturated rings. The minimum Gasteiger partial charge on any atom is -0.437 e. The summed E-state index contributed by atoms with van der Waals surface area (Å²) in [4.78, 5) is 4.24. The first-order chi connectivity index (χ1) is 8.97. The zero-order valence-electron chi connectivity index (χ0n) is 10.1. The molecule has 4 nitrogen and oxygen atoms in total. The summed E-state index contributed by atoms with van der Waals surface area (Å²) >= 11 is 9.40. The van der Waals surface area contributed by atoms with Crippen LogP contribution in [-0.4, -0.2) is 10.8 Å². The van der Waals surface area contributed by atoms with E-state index in [1.165, 1.54) is 0 Å². The Morgan fingerprint density at radius 3 is 2.74 bits per heavy atom. The summed E-state index contributed by atoms with van der Waals surface area (Å²) in [6, 6.07) is 8.73. The van der Waals surface area contributed by atoms with Crippen LogP contribution >= 0.6 is 27.5 Å². The number of pyridine rings is 1. The zero-order chi connectivity index (χ0) is 14.0. The van der Waals surface area contributed by atoms with Gasteiger partial charge in [-0.05, 0) is 37.3 Å². The highest BCUT2D eigenvalue weighted by Crippen LogP contribution is 2.32. The summed E-state index contributed by atoms with van der Waals surface area (Å²) in [7, 11) is 0. The van der Waals surface area contributed by atoms with Gasteiger partial charge in [-0.3, -0.25) is 5.41 Å². The van der Waals surface area contributed by atoms with E-state index < -0.39 is 0 Å². The van der Waals surface area contributed by atoms with Crippen molar-refractivity contribution in [2.45, 2.75) is 6.92 Å². The number of nitrogens with two attached hydrogens (primary N) is 1. The Labute approximate surface area is 124 Å². The maximum Gasteiger partial charge on any atom is 0.230 e. The monoisotopic (exact) mass is 339 g/mol. The molecule has 0 aliphatic rings. The number of aryl methyl sites for hydroxylation is 1. The summed E-state index contributed by atoms with van der Waals surface area (Å²) in [5.74, 6) is 0.637. The van der Waals surface area contributed by atoms with Gasteiger partial charge in [-0.2, -0.15) is 0 Å². The standard InChI is InChI=1S/C13H11BrClN3O/c1-7-2-4-9(12(16)17)13(18-7)19-11-5-3-8(14)6-10(11)15/h2-6H,1H3,(H3,16,17). The second-order valence-electron chi connectivity index (χ2n) is 3.90. The normalized spacial score (nSPS) is 10.3. The lowest BCUT2D eigenvalue weighted by Crippen LogP contribution is -2.13. The highest BCUT2D eigenvalue weighted by Gasteiger charge is 2.12. The summed E-state index contributed by atoms with van der Waals surface area (Å²) < 4.78 is 6.51. The Morgan fingerprint density at radius 2 is 2.11 bits per heavy atom. The predicted molar refractivity (Wildman–Crippen MR) is 79.2 cm³/mol. The van der Waals surface area contributed by atoms with E-state index in [9.17, 15) is 0 Å². The number of nitrogens with zero attached hydrogens (tertiary/aromatic N) is 1. The maximum absolute atomic E-state index is 7.52. The lowest BCUT2D eigenvalue weighted by molar-refractivity contribution is 0.460. The van der Waals surface area contributed by atoms with Crippen LogP contribution in [0, 0.1) is 12.3 Å². The van der Waals surface area contributed by atoms with Gasteiger partial charge in [0.25, 0.3) is 0 Å². The quantitative estimate of drug-likeness (QED) is 0.658. The molecule has 1 heterocycles. The van der Waals surface area contributed by atoms with Crippen LogP contribution in [0.4, 0.5) is 0 Å². The fraction of sp³-hybridized carbons (Fsp3) is 0.0769. The number of nitrogens with one attached hydrogen (secondary N) is 1. The molecule has 98 valence electrons. The van der Waals surface area contributed by atoms with Crippen LogP contribution in [0.5, 0.6) is 11.6 Å². The summed E-state index contributed by atoms with van der Waals surface area (Å²) in [6.45, 7) is 1.83. The first kappa shape index (κ1) is 13.8. The van der Waals surface area contributed by atoms with Crippen LogP contribution in [-0.2, 0) is 0 Å². The Hall–Kier alpha value is -1.59. The maximum atomic E-state index is 7.52. The molecule has 0 aliphatic heterocycles. The van der Waals surface area contributed by atoms with E-state index in [-0.39, 0.29) is 11.7 Å². The van der Waals surface area contributed by atoms with Gasteiger partial charge in [-0.25, -0.2) is 4.98 Å². The topological polar surface area (TPSA) is 72.0 Å². The zero-order valence-corrected chi connectivity index (χ0v) is 12.4. The molecule has 0 atom stereocenters. The van der Waals surface area contributed by atoms with E-state index in [4.69, 9.17) is 27.5 Å². The summed E-state index contributed by atoms with van der Waals surface area (Å²) in [5, 5.41) is 7.97. The third kappa shape index (κ3) is 3.24. The Morgan fingerprint density at radius 1 is 1.37 bits per heavy atom. The molecule has 0 saturated heterocycles. The lowest BCUT2D eigenvalue weighted by atomic mass is 10.2. The molecule has 0 aliphatic carbocycles. The molecule has 6 heteroatoms. The van der Waals surface area contributed by atoms with Crippen molar-refractivity contribution in [2.24, 2.45) is 5.73 Å². The molecule has 2 rings (SSSR count). The first-order valence-electron chi connectivity index (χ1n) is 5.42. The van der Waals surface area contributed by atoms with Gasteiger partial charge in [-0.15, -0.1) is 0 Å². The van der Waals surface area contributed by atoms with Crippen molar-refractivity contribution in [3.05, 3.63) is 51.1 Å². The number of halogens is 2. The molecule has 0 saturated carbocycles. The van der Waals surface area contributed by atoms with Crippen LogP contribution in [0.1, 0.15) is 11.3 Å². The van der Waals surface area contributed by atoms with Crippen LogP contribution in [0.15, 0.2) is 34.8 Å². The largest absolute Gasteiger partial charge is 0.437 e. The minimum atomic E-state index is -0.101. The van der Waals surface area contributed by atoms with Crippen molar-refractivity contribution in [2.75, 3.05) is 0 Å². The second-order valence-corrected chi connectivity index (χ2v) is 5.22. The van der Waals surface area contributed by atoms with Gasteiger partial charge in [0.15, 0.2) is 0 Å². The van der Waals surface area contributed by atoms with Crippen LogP contribution in [0.3, 0.4) is 0 Å². The van der Waals surface area contributed by atoms with Gasteiger partial charge in [0.1, 0.15) is 11.6 Å². The Kier molecular flexibility index (Phi) is 4.07. The molecule has 0 bridgehead atoms. The van der Waals surface area contributed by atoms with Crippen molar-refractivity contribution in [1.82, 2.24) is 4.98 Å². The van der Waals surface area contributed by atoms with Gasteiger partial charge in [-0.1, -0.05) is 27.5 Å². The molecule has 3 N–H and O–H groups in total. The van der Waals surface area contributed by atoms with Crippen LogP contribution in [0.25, 0.3) is 0 Å². The van der Waals surface area contributed by atoms with Crippen molar-refractivity contribution < 1.29 is 4.74 Å². The lowest BCUT2D eigenvalue weighted by Gasteiger charge is -2.11. The predicted octanol–water partition coefficient (Wildman–Crippen LogP) is 3.88. The van der Waals surface area contributed by atoms with E-state index in [2.05, 4.69) is 20.9 Å². The number of aromatic nitrogens is 1. The number of ether oxygens (including phenoxy) is 1. The third-order valence-corrected chi connectivity index (χ3v) is 3.18. The van der Waals surface area contributed by atoms with Crippen LogP contribution < -0.4 is 10.5 Å². The molecule has 0 unspecified atom stereocenters. The summed E-state index contributed by atoms with van der Waals surface area (Å²) in [6.07, 6.45) is 0. The van der Waals surface area contributed by atoms with Crippen molar-refractivity contribution in [1.29, 1.82) is 5.41 Å². The molecule has 1 aromatic heterocycles. The first-order valence-corrected chi connectivity index (χ1v) is 6.59. The smallest absolute Gasteiger partial charge is 0.230 e. The molecule has 0 spiro atoms. The number of hydrogen-bond acceptors (Lipinski definition) is 3. The fourth-order valence-corrected chi connectivity index (χ4v) is 2.19. The summed E-state index contributed by atoms with van der Waals surface area (Å²) in [5.41, 5.74) is 6.71. The van der Waals surface area contributed by atoms with Crippen molar-refractivity contribution >= 4 is 33.4 Å². The molecule has 2 aromatic rings. The van der Waals surface area contributed by atoms with E-state index in [1.54, 1.807) is 24.3 Å². The van der Waals surface area contributed by atoms with Crippen molar-refractivity contribution in [3.8, 4) is 11.6 Å². The number of amidine groups is 1. The fourth-order valence-electron chi connectivity index (χ4n) is 1.48. The number of hydrogen-bond donors (Lipinski definition) is 2. The van der Waals surface area contributed by atoms with E-state index in [1.807, 2.05) is 13.0 Å². The average Bonchev–Trinajstić information content (AvgIpc) is 2.32. The Balaban J connectivity index is 2.42. The number of rotatable bonds is 3. The number of benzene rings is 1. The molecule has 1 aromatic carbocycles. The van der Waals surface area contributed by atoms with Crippen LogP contribution in [0.2, 0.25) is 5.02 Å². The number of nitrogen functional groups attached to an aromatic ring is 1.